The zero-order valence-electron chi connectivity index (χ0n) is 19.0. The van der Waals surface area contributed by atoms with E-state index in [9.17, 15) is 9.59 Å². The highest BCUT2D eigenvalue weighted by Gasteiger charge is 2.39. The molecule has 3 aromatic rings. The Balaban J connectivity index is 1.51. The summed E-state index contributed by atoms with van der Waals surface area (Å²) in [6, 6.07) is 2.04. The molecule has 1 aliphatic heterocycles. The van der Waals surface area contributed by atoms with Crippen LogP contribution in [0.15, 0.2) is 29.3 Å². The molecule has 4 heterocycles. The summed E-state index contributed by atoms with van der Waals surface area (Å²) < 4.78 is 4.97. The highest BCUT2D eigenvalue weighted by Crippen LogP contribution is 2.29. The number of aryl methyl sites for hydroxylation is 1. The first-order valence-corrected chi connectivity index (χ1v) is 10.7. The molecule has 32 heavy (non-hydrogen) atoms. The maximum Gasteiger partial charge on any atom is 0.257 e. The van der Waals surface area contributed by atoms with Crippen molar-refractivity contribution in [1.29, 1.82) is 0 Å². The van der Waals surface area contributed by atoms with Crippen molar-refractivity contribution in [2.75, 3.05) is 25.0 Å². The molecule has 2 unspecified atom stereocenters. The molecule has 0 saturated carbocycles. The first-order chi connectivity index (χ1) is 15.2. The summed E-state index contributed by atoms with van der Waals surface area (Å²) in [6.07, 6.45) is 5.62. The van der Waals surface area contributed by atoms with E-state index in [4.69, 9.17) is 4.52 Å². The number of nitrogens with zero attached hydrogens (tertiary/aromatic N) is 5. The number of carbonyl (C=O) groups is 2. The van der Waals surface area contributed by atoms with Crippen molar-refractivity contribution in [3.05, 3.63) is 36.1 Å². The number of hydrogen-bond donors (Lipinski definition) is 2. The van der Waals surface area contributed by atoms with Crippen LogP contribution < -0.4 is 10.2 Å². The standard InChI is InChI=1S/C22H29N7O3/c1-13-7-9-29(21(31)22(3,4)27-20(30)16-10-26-32-14(16)2)11-17(13)28(5)19-15-6-8-23-18(15)24-12-25-19/h6,8,10,12-13,17H,7,9,11H2,1-5H3,(H,27,30)(H,23,24,25). The van der Waals surface area contributed by atoms with Gasteiger partial charge in [-0.05, 0) is 39.2 Å². The summed E-state index contributed by atoms with van der Waals surface area (Å²) in [4.78, 5) is 41.9. The molecule has 10 nitrogen and oxygen atoms in total. The maximum atomic E-state index is 13.4. The Morgan fingerprint density at radius 2 is 2.12 bits per heavy atom. The van der Waals surface area contributed by atoms with Crippen LogP contribution in [0.2, 0.25) is 0 Å². The lowest BCUT2D eigenvalue weighted by atomic mass is 9.90. The predicted molar refractivity (Wildman–Crippen MR) is 119 cm³/mol. The van der Waals surface area contributed by atoms with Crippen molar-refractivity contribution in [2.45, 2.75) is 45.7 Å². The number of likely N-dealkylation sites (N-methyl/N-ethyl adjacent to an activating group) is 1. The van der Waals surface area contributed by atoms with Gasteiger partial charge in [-0.15, -0.1) is 0 Å². The van der Waals surface area contributed by atoms with Crippen LogP contribution in [0.1, 0.15) is 43.3 Å². The summed E-state index contributed by atoms with van der Waals surface area (Å²) >= 11 is 0. The van der Waals surface area contributed by atoms with Crippen molar-refractivity contribution in [3.63, 3.8) is 0 Å². The molecule has 1 aliphatic rings. The van der Waals surface area contributed by atoms with Gasteiger partial charge in [0.15, 0.2) is 0 Å². The Morgan fingerprint density at radius 1 is 1.34 bits per heavy atom. The molecule has 1 saturated heterocycles. The van der Waals surface area contributed by atoms with Crippen LogP contribution in [0, 0.1) is 12.8 Å². The Bertz CT molecular complexity index is 1140. The fourth-order valence-corrected chi connectivity index (χ4v) is 4.35. The monoisotopic (exact) mass is 439 g/mol. The van der Waals surface area contributed by atoms with Gasteiger partial charge in [0.2, 0.25) is 5.91 Å². The van der Waals surface area contributed by atoms with E-state index in [1.165, 1.54) is 6.20 Å². The minimum Gasteiger partial charge on any atom is -0.361 e. The molecule has 2 N–H and O–H groups in total. The number of fused-ring (bicyclic) bond motifs is 1. The van der Waals surface area contributed by atoms with Gasteiger partial charge in [-0.3, -0.25) is 9.59 Å². The quantitative estimate of drug-likeness (QED) is 0.625. The van der Waals surface area contributed by atoms with Gasteiger partial charge >= 0.3 is 0 Å². The Kier molecular flexibility index (Phi) is 5.62. The molecule has 0 bridgehead atoms. The van der Waals surface area contributed by atoms with E-state index in [2.05, 4.69) is 37.2 Å². The van der Waals surface area contributed by atoms with E-state index in [-0.39, 0.29) is 17.9 Å². The minimum atomic E-state index is -1.08. The molecule has 0 spiro atoms. The average Bonchev–Trinajstić information content (AvgIpc) is 3.41. The number of piperidine rings is 1. The van der Waals surface area contributed by atoms with Gasteiger partial charge in [-0.1, -0.05) is 12.1 Å². The second-order valence-corrected chi connectivity index (χ2v) is 9.01. The van der Waals surface area contributed by atoms with Crippen molar-refractivity contribution in [2.24, 2.45) is 5.92 Å². The zero-order valence-corrected chi connectivity index (χ0v) is 19.0. The van der Waals surface area contributed by atoms with Gasteiger partial charge in [-0.25, -0.2) is 9.97 Å². The highest BCUT2D eigenvalue weighted by atomic mass is 16.5. The maximum absolute atomic E-state index is 13.4. The predicted octanol–water partition coefficient (Wildman–Crippen LogP) is 2.14. The lowest BCUT2D eigenvalue weighted by Crippen LogP contribution is -2.61. The number of carbonyl (C=O) groups excluding carboxylic acids is 2. The summed E-state index contributed by atoms with van der Waals surface area (Å²) in [7, 11) is 2.01. The number of nitrogens with one attached hydrogen (secondary N) is 2. The molecule has 10 heteroatoms. The third kappa shape index (κ3) is 3.92. The van der Waals surface area contributed by atoms with E-state index in [1.807, 2.05) is 24.2 Å². The minimum absolute atomic E-state index is 0.0764. The Hall–Kier alpha value is -3.43. The molecule has 0 aliphatic carbocycles. The number of rotatable bonds is 5. The first-order valence-electron chi connectivity index (χ1n) is 10.7. The molecule has 4 rings (SSSR count). The second kappa shape index (κ2) is 8.25. The second-order valence-electron chi connectivity index (χ2n) is 9.01. The van der Waals surface area contributed by atoms with Crippen LogP contribution in [-0.4, -0.2) is 68.5 Å². The van der Waals surface area contributed by atoms with Crippen molar-refractivity contribution >= 4 is 28.7 Å². The fourth-order valence-electron chi connectivity index (χ4n) is 4.35. The van der Waals surface area contributed by atoms with E-state index < -0.39 is 5.54 Å². The van der Waals surface area contributed by atoms with Gasteiger partial charge in [-0.2, -0.15) is 0 Å². The van der Waals surface area contributed by atoms with Crippen LogP contribution in [0.4, 0.5) is 5.82 Å². The van der Waals surface area contributed by atoms with E-state index in [0.29, 0.717) is 30.3 Å². The van der Waals surface area contributed by atoms with Crippen LogP contribution in [0.25, 0.3) is 11.0 Å². The average molecular weight is 440 g/mol. The number of likely N-dealkylation sites (tertiary alicyclic amines) is 1. The van der Waals surface area contributed by atoms with Gasteiger partial charge in [0.05, 0.1) is 17.6 Å². The van der Waals surface area contributed by atoms with E-state index in [0.717, 1.165) is 23.3 Å². The Labute approximate surface area is 186 Å². The molecule has 2 amide bonds. The fraction of sp³-hybridized carbons (Fsp3) is 0.500. The van der Waals surface area contributed by atoms with Gasteiger partial charge < -0.3 is 24.6 Å². The molecule has 170 valence electrons. The van der Waals surface area contributed by atoms with Gasteiger partial charge in [0.25, 0.3) is 5.91 Å². The zero-order chi connectivity index (χ0) is 23.0. The smallest absolute Gasteiger partial charge is 0.257 e. The molecule has 0 aromatic carbocycles. The molecular formula is C22H29N7O3. The van der Waals surface area contributed by atoms with E-state index >= 15 is 0 Å². The molecule has 0 radical (unpaired) electrons. The number of hydrogen-bond acceptors (Lipinski definition) is 7. The third-order valence-electron chi connectivity index (χ3n) is 6.33. The van der Waals surface area contributed by atoms with Crippen molar-refractivity contribution in [1.82, 2.24) is 30.3 Å². The van der Waals surface area contributed by atoms with Crippen molar-refractivity contribution in [3.8, 4) is 0 Å². The van der Waals surface area contributed by atoms with Crippen molar-refractivity contribution < 1.29 is 14.1 Å². The lowest BCUT2D eigenvalue weighted by Gasteiger charge is -2.44. The SMILES string of the molecule is Cc1oncc1C(=O)NC(C)(C)C(=O)N1CCC(C)C(N(C)c2ncnc3[nH]ccc23)C1. The Morgan fingerprint density at radius 3 is 2.84 bits per heavy atom. The van der Waals surface area contributed by atoms with Crippen LogP contribution in [0.3, 0.4) is 0 Å². The largest absolute Gasteiger partial charge is 0.361 e. The summed E-state index contributed by atoms with van der Waals surface area (Å²) in [5.41, 5.74) is 0.0361. The van der Waals surface area contributed by atoms with Crippen LogP contribution in [0.5, 0.6) is 0 Å². The molecule has 3 aromatic heterocycles. The van der Waals surface area contributed by atoms with Gasteiger partial charge in [0, 0.05) is 26.3 Å². The molecule has 2 atom stereocenters. The van der Waals surface area contributed by atoms with Crippen LogP contribution >= 0.6 is 0 Å². The third-order valence-corrected chi connectivity index (χ3v) is 6.33. The summed E-state index contributed by atoms with van der Waals surface area (Å²) in [5.74, 6) is 1.11. The lowest BCUT2D eigenvalue weighted by molar-refractivity contribution is -0.138. The first kappa shape index (κ1) is 21.8. The highest BCUT2D eigenvalue weighted by molar-refractivity contribution is 5.99. The normalized spacial score (nSPS) is 19.2. The number of amides is 2. The summed E-state index contributed by atoms with van der Waals surface area (Å²) in [6.45, 7) is 8.48. The molecular weight excluding hydrogens is 410 g/mol. The molecule has 1 fully saturated rings. The number of H-pyrrole nitrogens is 1. The summed E-state index contributed by atoms with van der Waals surface area (Å²) in [5, 5.41) is 7.42. The van der Waals surface area contributed by atoms with Gasteiger partial charge in [0.1, 0.15) is 34.7 Å². The topological polar surface area (TPSA) is 120 Å². The number of aromatic amines is 1. The van der Waals surface area contributed by atoms with Crippen LogP contribution in [-0.2, 0) is 4.79 Å². The van der Waals surface area contributed by atoms with E-state index in [1.54, 1.807) is 27.1 Å². The number of anilines is 1. The number of aromatic nitrogens is 4.